The second-order valence-electron chi connectivity index (χ2n) is 10.0. The lowest BCUT2D eigenvalue weighted by Crippen LogP contribution is -2.24. The van der Waals surface area contributed by atoms with Crippen molar-refractivity contribution in [3.8, 4) is 28.6 Å². The SMILES string of the molecule is CC(C)(C)OC(=O)c1cc(/C(=C/Nc2ccc(C(=O)O)c(O)c2)N=N)nc(-c2cn(-c3ccc(C(=O)O)c(O)c3)nn2)c1. The molecule has 15 heteroatoms. The molecule has 4 rings (SSSR count). The molecule has 2 heterocycles. The molecule has 6 N–H and O–H groups in total. The Kier molecular flexibility index (Phi) is 8.18. The minimum absolute atomic E-state index is 0.0463. The summed E-state index contributed by atoms with van der Waals surface area (Å²) in [6.07, 6.45) is 2.71. The lowest BCUT2D eigenvalue weighted by Gasteiger charge is -2.19. The van der Waals surface area contributed by atoms with E-state index in [0.29, 0.717) is 5.69 Å². The first-order valence-electron chi connectivity index (χ1n) is 12.4. The first-order valence-corrected chi connectivity index (χ1v) is 12.4. The number of carboxylic acid groups (broad SMARTS) is 2. The lowest BCUT2D eigenvalue weighted by atomic mass is 10.1. The molecule has 0 unspecified atom stereocenters. The van der Waals surface area contributed by atoms with E-state index in [1.165, 1.54) is 65.6 Å². The van der Waals surface area contributed by atoms with Gasteiger partial charge in [0, 0.05) is 24.0 Å². The van der Waals surface area contributed by atoms with Gasteiger partial charge >= 0.3 is 17.9 Å². The number of carboxylic acids is 2. The number of aromatic hydroxyl groups is 2. The summed E-state index contributed by atoms with van der Waals surface area (Å²) in [5.74, 6) is -4.24. The van der Waals surface area contributed by atoms with Crippen LogP contribution in [0, 0.1) is 5.53 Å². The normalized spacial score (nSPS) is 11.6. The van der Waals surface area contributed by atoms with Crippen LogP contribution in [0.3, 0.4) is 0 Å². The first-order chi connectivity index (χ1) is 20.3. The summed E-state index contributed by atoms with van der Waals surface area (Å²) in [5, 5.41) is 52.7. The van der Waals surface area contributed by atoms with E-state index >= 15 is 0 Å². The standard InChI is InChI=1S/C28H25N7O8/c1-28(2,3)43-27(42)14-8-19(21(32-29)12-30-15-4-6-17(25(38)39)23(36)10-15)31-20(9-14)22-13-35(34-33-22)16-5-7-18(26(40)41)24(37)11-16/h4-13,29-30,36-37H,1-3H3,(H,38,39)(H,40,41)/b21-12-,32-29?. The summed E-state index contributed by atoms with van der Waals surface area (Å²) in [5.41, 5.74) is 7.29. The van der Waals surface area contributed by atoms with Gasteiger partial charge in [0.1, 0.15) is 39.6 Å². The molecule has 0 fully saturated rings. The molecular formula is C28H25N7O8. The minimum Gasteiger partial charge on any atom is -0.507 e. The number of rotatable bonds is 9. The van der Waals surface area contributed by atoms with Crippen molar-refractivity contribution in [2.24, 2.45) is 5.11 Å². The van der Waals surface area contributed by atoms with Crippen LogP contribution in [0.5, 0.6) is 11.5 Å². The Morgan fingerprint density at radius 1 is 0.953 bits per heavy atom. The van der Waals surface area contributed by atoms with E-state index in [2.05, 4.69) is 25.7 Å². The zero-order valence-corrected chi connectivity index (χ0v) is 22.9. The molecule has 43 heavy (non-hydrogen) atoms. The van der Waals surface area contributed by atoms with Gasteiger partial charge in [0.05, 0.1) is 28.8 Å². The summed E-state index contributed by atoms with van der Waals surface area (Å²) in [6, 6.07) is 10.4. The summed E-state index contributed by atoms with van der Waals surface area (Å²) in [7, 11) is 0. The smallest absolute Gasteiger partial charge is 0.339 e. The average molecular weight is 588 g/mol. The highest BCUT2D eigenvalue weighted by Gasteiger charge is 2.22. The molecule has 0 spiro atoms. The molecular weight excluding hydrogens is 562 g/mol. The number of aromatic nitrogens is 4. The van der Waals surface area contributed by atoms with Gasteiger partial charge in [-0.2, -0.15) is 5.11 Å². The number of aromatic carboxylic acids is 2. The van der Waals surface area contributed by atoms with Gasteiger partial charge in [-0.05, 0) is 57.2 Å². The van der Waals surface area contributed by atoms with Gasteiger partial charge < -0.3 is 30.5 Å². The number of carbonyl (C=O) groups is 3. The van der Waals surface area contributed by atoms with Gasteiger partial charge in [-0.25, -0.2) is 29.6 Å². The van der Waals surface area contributed by atoms with Crippen LogP contribution >= 0.6 is 0 Å². The third-order valence-electron chi connectivity index (χ3n) is 5.68. The summed E-state index contributed by atoms with van der Waals surface area (Å²) in [6.45, 7) is 5.10. The number of nitrogens with zero attached hydrogens (tertiary/aromatic N) is 5. The van der Waals surface area contributed by atoms with Gasteiger partial charge in [-0.15, -0.1) is 5.10 Å². The van der Waals surface area contributed by atoms with Crippen LogP contribution in [-0.4, -0.2) is 63.9 Å². The monoisotopic (exact) mass is 587 g/mol. The predicted octanol–water partition coefficient (Wildman–Crippen LogP) is 4.53. The van der Waals surface area contributed by atoms with Gasteiger partial charge in [0.15, 0.2) is 0 Å². The Morgan fingerprint density at radius 3 is 2.19 bits per heavy atom. The molecule has 0 saturated carbocycles. The Hall–Kier alpha value is -6.12. The van der Waals surface area contributed by atoms with Crippen LogP contribution in [0.25, 0.3) is 22.8 Å². The minimum atomic E-state index is -1.30. The number of esters is 1. The number of phenols is 2. The fourth-order valence-corrected chi connectivity index (χ4v) is 3.72. The quantitative estimate of drug-likeness (QED) is 0.117. The maximum absolute atomic E-state index is 13.0. The highest BCUT2D eigenvalue weighted by Crippen LogP contribution is 2.27. The molecule has 4 aromatic rings. The maximum atomic E-state index is 13.0. The van der Waals surface area contributed by atoms with Gasteiger partial charge in [-0.3, -0.25) is 0 Å². The maximum Gasteiger partial charge on any atom is 0.339 e. The molecule has 15 nitrogen and oxygen atoms in total. The Labute approximate surface area is 243 Å². The van der Waals surface area contributed by atoms with Crippen molar-refractivity contribution in [3.63, 3.8) is 0 Å². The Morgan fingerprint density at radius 2 is 1.60 bits per heavy atom. The van der Waals surface area contributed by atoms with E-state index in [0.717, 1.165) is 0 Å². The second kappa shape index (κ2) is 11.8. The topological polar surface area (TPSA) is 233 Å². The highest BCUT2D eigenvalue weighted by atomic mass is 16.6. The van der Waals surface area contributed by atoms with Gasteiger partial charge in [0.2, 0.25) is 0 Å². The second-order valence-corrected chi connectivity index (χ2v) is 10.0. The largest absolute Gasteiger partial charge is 0.507 e. The number of ether oxygens (including phenoxy) is 1. The molecule has 0 aliphatic carbocycles. The zero-order chi connectivity index (χ0) is 31.5. The number of benzene rings is 2. The molecule has 2 aromatic carbocycles. The van der Waals surface area contributed by atoms with Crippen molar-refractivity contribution < 1.29 is 39.5 Å². The molecule has 220 valence electrons. The number of hydrogen-bond acceptors (Lipinski definition) is 12. The van der Waals surface area contributed by atoms with E-state index in [1.807, 2.05) is 0 Å². The fourth-order valence-electron chi connectivity index (χ4n) is 3.72. The lowest BCUT2D eigenvalue weighted by molar-refractivity contribution is 0.00689. The molecule has 0 atom stereocenters. The van der Waals surface area contributed by atoms with Crippen molar-refractivity contribution in [1.29, 1.82) is 5.53 Å². The summed E-state index contributed by atoms with van der Waals surface area (Å²) >= 11 is 0. The van der Waals surface area contributed by atoms with Gasteiger partial charge in [-0.1, -0.05) is 5.21 Å². The number of pyridine rings is 1. The third-order valence-corrected chi connectivity index (χ3v) is 5.68. The van der Waals surface area contributed by atoms with Crippen LogP contribution in [0.2, 0.25) is 0 Å². The summed E-state index contributed by atoms with van der Waals surface area (Å²) in [4.78, 5) is 39.9. The van der Waals surface area contributed by atoms with Crippen molar-refractivity contribution in [1.82, 2.24) is 20.0 Å². The fraction of sp³-hybridized carbons (Fsp3) is 0.143. The number of carbonyl (C=O) groups excluding carboxylic acids is 1. The third kappa shape index (κ3) is 6.97. The van der Waals surface area contributed by atoms with Crippen molar-refractivity contribution in [3.05, 3.63) is 83.3 Å². The highest BCUT2D eigenvalue weighted by molar-refractivity contribution is 5.93. The first kappa shape index (κ1) is 29.9. The number of anilines is 1. The van der Waals surface area contributed by atoms with E-state index in [4.69, 9.17) is 20.5 Å². The van der Waals surface area contributed by atoms with Crippen LogP contribution in [-0.2, 0) is 4.74 Å². The van der Waals surface area contributed by atoms with E-state index in [-0.39, 0.29) is 45.2 Å². The van der Waals surface area contributed by atoms with Gasteiger partial charge in [0.25, 0.3) is 0 Å². The van der Waals surface area contributed by atoms with Crippen molar-refractivity contribution in [2.75, 3.05) is 5.32 Å². The molecule has 0 radical (unpaired) electrons. The predicted molar refractivity (Wildman–Crippen MR) is 150 cm³/mol. The van der Waals surface area contributed by atoms with Crippen LogP contribution < -0.4 is 5.32 Å². The van der Waals surface area contributed by atoms with E-state index in [1.54, 1.807) is 20.8 Å². The van der Waals surface area contributed by atoms with Crippen molar-refractivity contribution >= 4 is 29.3 Å². The van der Waals surface area contributed by atoms with Crippen LogP contribution in [0.1, 0.15) is 57.5 Å². The van der Waals surface area contributed by atoms with Crippen LogP contribution in [0.4, 0.5) is 5.69 Å². The van der Waals surface area contributed by atoms with E-state index in [9.17, 15) is 24.6 Å². The number of nitrogens with one attached hydrogen (secondary N) is 2. The molecule has 0 amide bonds. The molecule has 0 aliphatic heterocycles. The summed E-state index contributed by atoms with van der Waals surface area (Å²) < 4.78 is 6.77. The Bertz CT molecular complexity index is 1790. The Balaban J connectivity index is 1.74. The molecule has 0 aliphatic rings. The van der Waals surface area contributed by atoms with E-state index < -0.39 is 35.0 Å². The molecule has 2 aromatic heterocycles. The van der Waals surface area contributed by atoms with Crippen molar-refractivity contribution in [2.45, 2.75) is 26.4 Å². The average Bonchev–Trinajstić information content (AvgIpc) is 3.42. The van der Waals surface area contributed by atoms with Crippen LogP contribution in [0.15, 0.2) is 66.0 Å². The zero-order valence-electron chi connectivity index (χ0n) is 22.9. The molecule has 0 bridgehead atoms. The molecule has 0 saturated heterocycles. The number of hydrogen-bond donors (Lipinski definition) is 6.